The van der Waals surface area contributed by atoms with Crippen molar-refractivity contribution in [3.63, 3.8) is 0 Å². The molecule has 0 aliphatic heterocycles. The summed E-state index contributed by atoms with van der Waals surface area (Å²) in [4.78, 5) is 59.4. The summed E-state index contributed by atoms with van der Waals surface area (Å²) in [5.41, 5.74) is -0.222. The van der Waals surface area contributed by atoms with Crippen molar-refractivity contribution < 1.29 is 105 Å². The second-order valence-corrected chi connectivity index (χ2v) is 42.8. The van der Waals surface area contributed by atoms with Crippen LogP contribution < -0.4 is 50.2 Å². The van der Waals surface area contributed by atoms with Crippen LogP contribution in [0.2, 0.25) is 54.3 Å². The molecule has 13 rings (SSSR count). The quantitative estimate of drug-likeness (QED) is 0.0190. The van der Waals surface area contributed by atoms with E-state index in [9.17, 15) is 101 Å². The van der Waals surface area contributed by atoms with Crippen molar-refractivity contribution in [2.45, 2.75) is 79.9 Å². The maximum absolute atomic E-state index is 14.0. The molecule has 0 bridgehead atoms. The Hall–Kier alpha value is -11.4. The van der Waals surface area contributed by atoms with Crippen molar-refractivity contribution in [3.8, 4) is 40.1 Å². The van der Waals surface area contributed by atoms with Gasteiger partial charge in [-0.25, -0.2) is 59.9 Å². The Balaban J connectivity index is 0.000000234. The first-order valence-electron chi connectivity index (χ1n) is 34.3. The van der Waals surface area contributed by atoms with Gasteiger partial charge in [-0.1, -0.05) is 98.0 Å². The summed E-state index contributed by atoms with van der Waals surface area (Å²) in [6.45, 7) is 13.8. The number of nitrogen functional groups attached to an aromatic ring is 1. The topological polar surface area (TPSA) is 347 Å². The molecule has 1 atom stereocenters. The van der Waals surface area contributed by atoms with Gasteiger partial charge in [0.05, 0.1) is 96.5 Å². The fourth-order valence-electron chi connectivity index (χ4n) is 11.4. The van der Waals surface area contributed by atoms with Crippen molar-refractivity contribution in [1.82, 2.24) is 43.6 Å². The highest BCUT2D eigenvalue weighted by Gasteiger charge is 2.39. The first-order chi connectivity index (χ1) is 57.2. The van der Waals surface area contributed by atoms with Crippen LogP contribution in [0.25, 0.3) is 54.4 Å². The van der Waals surface area contributed by atoms with Gasteiger partial charge in [0.25, 0.3) is 36.7 Å². The Kier molecular flexibility index (Phi) is 32.1. The van der Waals surface area contributed by atoms with Crippen molar-refractivity contribution in [2.75, 3.05) is 36.5 Å². The van der Waals surface area contributed by atoms with E-state index in [1.54, 1.807) is 12.3 Å². The number of nitrogens with zero attached hydrogens (tertiary/aromatic N) is 10. The van der Waals surface area contributed by atoms with E-state index in [-0.39, 0.29) is 89.2 Å². The van der Waals surface area contributed by atoms with E-state index in [4.69, 9.17) is 59.4 Å². The van der Waals surface area contributed by atoms with Crippen molar-refractivity contribution in [3.05, 3.63) is 280 Å². The minimum atomic E-state index is -5.22. The van der Waals surface area contributed by atoms with Crippen LogP contribution in [0.3, 0.4) is 0 Å². The number of rotatable bonds is 17. The fourth-order valence-corrected chi connectivity index (χ4v) is 23.3. The summed E-state index contributed by atoms with van der Waals surface area (Å²) in [5.74, 6) is -14.8. The lowest BCUT2D eigenvalue weighted by Crippen LogP contribution is -2.32. The van der Waals surface area contributed by atoms with E-state index >= 15 is 0 Å². The van der Waals surface area contributed by atoms with E-state index < -0.39 is 159 Å². The van der Waals surface area contributed by atoms with E-state index in [2.05, 4.69) is 82.8 Å². The summed E-state index contributed by atoms with van der Waals surface area (Å²) in [5, 5.41) is -1.46. The molecule has 666 valence electrons. The minimum absolute atomic E-state index is 0. The molecule has 0 radical (unpaired) electrons. The van der Waals surface area contributed by atoms with Crippen LogP contribution >= 0.6 is 44.7 Å². The molecule has 0 aliphatic carbocycles. The molecule has 49 heteroatoms. The second-order valence-electron chi connectivity index (χ2n) is 27.1. The molecule has 125 heavy (non-hydrogen) atoms. The summed E-state index contributed by atoms with van der Waals surface area (Å²) < 4.78 is 296. The Morgan fingerprint density at radius 3 is 0.968 bits per heavy atom. The van der Waals surface area contributed by atoms with Gasteiger partial charge in [0, 0.05) is 52.9 Å². The van der Waals surface area contributed by atoms with Crippen LogP contribution in [-0.2, 0) is 48.7 Å². The van der Waals surface area contributed by atoms with Gasteiger partial charge in [0.15, 0.2) is 0 Å². The number of aromatic nitrogens is 9. The fraction of sp³-hybridized carbons (Fsp3) is 0.171. The number of fused-ring (bicyclic) bond motifs is 3. The molecule has 0 amide bonds. The predicted molar refractivity (Wildman–Crippen MR) is 452 cm³/mol. The van der Waals surface area contributed by atoms with Crippen LogP contribution in [0.1, 0.15) is 24.1 Å². The predicted octanol–water partition coefficient (Wildman–Crippen LogP) is 18.4. The van der Waals surface area contributed by atoms with Crippen LogP contribution in [0, 0.1) is 29.1 Å². The highest BCUT2D eigenvalue weighted by atomic mass is 35.5. The largest absolute Gasteiger partial charge is 0.668 e. The maximum Gasteiger partial charge on any atom is 0.417 e. The number of hydrogen-bond acceptors (Lipinski definition) is 20. The van der Waals surface area contributed by atoms with E-state index in [1.165, 1.54) is 92.0 Å². The smallest absolute Gasteiger partial charge is 0.417 e. The normalized spacial score (nSPS) is 11.8. The Labute approximate surface area is 722 Å². The standard InChI is InChI=1S/C23H10ClF8NO5S.2C21H14ClF3N4O4S.C6H18NSi2.C4H5N3.CH4.H3P/c1-37-15-7-11(23(30,31)32)12(24)8-14(15)33-13-4-3-10(6-9(13)2-5-16(33)34)39(35,36)38-22-20(28)18(26)17(25)19(27)21(22)29;2*1-33-18-9-14(21(23,24)25)15(22)10-17(18)29-16-4-3-13(8-12(16)2-5-20(29)30)34(31,32)28-19-6-7-26-11-27-19;1-8(2,3)7-9(4,5)6;5-4-1-2-6-3-7-4;;/h2-8H,1H3;2*2-11H,1H3,(H,26,27,28);1-6H3;1-3H,(H2,5,6,7);1H4;1H3/q;;;-1;;;. The Bertz CT molecular complexity index is 6470. The molecular formula is C76H68Cl3F14N13O13PS3Si2-. The lowest BCUT2D eigenvalue weighted by Gasteiger charge is -2.45. The summed E-state index contributed by atoms with van der Waals surface area (Å²) in [6.07, 6.45) is -6.21. The number of pyridine rings is 3. The van der Waals surface area contributed by atoms with E-state index in [1.807, 2.05) is 0 Å². The molecule has 4 N–H and O–H groups in total. The van der Waals surface area contributed by atoms with Crippen molar-refractivity contribution >= 4 is 141 Å². The van der Waals surface area contributed by atoms with Crippen molar-refractivity contribution in [2.24, 2.45) is 0 Å². The minimum Gasteiger partial charge on any atom is -0.668 e. The number of alkyl halides is 9. The first kappa shape index (κ1) is 101. The zero-order valence-electron chi connectivity index (χ0n) is 65.0. The number of benzene rings is 7. The third kappa shape index (κ3) is 24.4. The highest BCUT2D eigenvalue weighted by molar-refractivity contribution is 7.93. The maximum atomic E-state index is 14.0. The van der Waals surface area contributed by atoms with Gasteiger partial charge in [-0.05, 0) is 127 Å². The summed E-state index contributed by atoms with van der Waals surface area (Å²) >= 11 is 17.5. The van der Waals surface area contributed by atoms with E-state index in [0.29, 0.717) is 34.8 Å². The molecule has 6 aromatic heterocycles. The lowest BCUT2D eigenvalue weighted by molar-refractivity contribution is -0.138. The van der Waals surface area contributed by atoms with Gasteiger partial charge in [-0.15, -0.1) is 0 Å². The van der Waals surface area contributed by atoms with Gasteiger partial charge < -0.3 is 28.8 Å². The van der Waals surface area contributed by atoms with Gasteiger partial charge in [-0.3, -0.25) is 37.5 Å². The zero-order valence-corrected chi connectivity index (χ0v) is 73.2. The summed E-state index contributed by atoms with van der Waals surface area (Å²) in [7, 11) is -12.1. The first-order valence-corrected chi connectivity index (χ1v) is 46.7. The average molecular weight is 1930 g/mol. The molecule has 26 nitrogen and oxygen atoms in total. The monoisotopic (exact) mass is 1920 g/mol. The van der Waals surface area contributed by atoms with Crippen LogP contribution in [-0.4, -0.2) is 107 Å². The molecule has 13 aromatic rings. The summed E-state index contributed by atoms with van der Waals surface area (Å²) in [6, 6.07) is 26.6. The van der Waals surface area contributed by atoms with Crippen molar-refractivity contribution in [1.29, 1.82) is 0 Å². The Morgan fingerprint density at radius 1 is 0.416 bits per heavy atom. The molecule has 1 unspecified atom stereocenters. The number of nitrogens with one attached hydrogen (secondary N) is 2. The molecule has 0 fully saturated rings. The van der Waals surface area contributed by atoms with Crippen LogP contribution in [0.4, 0.5) is 78.9 Å². The van der Waals surface area contributed by atoms with Gasteiger partial charge in [-0.2, -0.15) is 66.6 Å². The number of halogens is 17. The number of anilines is 3. The molecular weight excluding hydrogens is 1860 g/mol. The number of ether oxygens (including phenoxy) is 3. The van der Waals surface area contributed by atoms with Crippen LogP contribution in [0.15, 0.2) is 212 Å². The van der Waals surface area contributed by atoms with Crippen LogP contribution in [0.5, 0.6) is 23.0 Å². The third-order valence-corrected chi connectivity index (χ3v) is 26.5. The molecule has 0 spiro atoms. The molecule has 0 saturated carbocycles. The SMILES string of the molecule is C.COc1cc(C(F)(F)F)c(Cl)cc1-n1c(=O)ccc2cc(S(=O)(=O)Nc3ccncn3)ccc21.COc1cc(C(F)(F)F)c(Cl)cc1-n1c(=O)ccc2cc(S(=O)(=O)Nc3ccncn3)ccc21.COc1cc(C(F)(F)F)c(Cl)cc1-n1c(=O)ccc2cc(S(=O)(=O)Oc3c(F)c(F)c(F)c(F)c3F)ccc21.C[Si](C)(C)[N-][Si](C)(C)C.Nc1ccncn1.P. The molecule has 7 aromatic carbocycles. The molecule has 6 heterocycles. The average Bonchev–Trinajstić information content (AvgIpc) is 0.762. The van der Waals surface area contributed by atoms with Gasteiger partial charge >= 0.3 is 28.6 Å². The number of methoxy groups -OCH3 is 3. The van der Waals surface area contributed by atoms with E-state index in [0.717, 1.165) is 95.7 Å². The second kappa shape index (κ2) is 39.8. The Morgan fingerprint density at radius 2 is 0.712 bits per heavy atom. The lowest BCUT2D eigenvalue weighted by atomic mass is 10.1. The third-order valence-electron chi connectivity index (χ3n) is 16.2. The number of sulfonamides is 2. The highest BCUT2D eigenvalue weighted by Crippen LogP contribution is 2.44. The molecule has 0 saturated heterocycles. The zero-order chi connectivity index (χ0) is 91.2. The number of hydrogen-bond donors (Lipinski definition) is 3. The molecule has 0 aliphatic rings. The van der Waals surface area contributed by atoms with Gasteiger partial charge in [0.1, 0.15) is 58.6 Å². The van der Waals surface area contributed by atoms with Gasteiger partial charge in [0.2, 0.25) is 34.8 Å². The number of nitrogens with two attached hydrogens (primary N) is 1.